The molecule has 1 aliphatic heterocycles. The molecule has 4 nitrogen and oxygen atoms in total. The third-order valence-electron chi connectivity index (χ3n) is 5.48. The van der Waals surface area contributed by atoms with Crippen molar-refractivity contribution >= 4 is 5.97 Å². The molecule has 1 aliphatic carbocycles. The van der Waals surface area contributed by atoms with Crippen LogP contribution < -0.4 is 0 Å². The van der Waals surface area contributed by atoms with E-state index in [2.05, 4.69) is 23.9 Å². The van der Waals surface area contributed by atoms with Crippen LogP contribution in [0, 0.1) is 0 Å². The molecular weight excluding hydrogens is 252 g/mol. The van der Waals surface area contributed by atoms with Gasteiger partial charge >= 0.3 is 5.97 Å². The lowest BCUT2D eigenvalue weighted by Gasteiger charge is -2.47. The molecule has 0 aromatic heterocycles. The predicted octanol–water partition coefficient (Wildman–Crippen LogP) is 2.58. The van der Waals surface area contributed by atoms with E-state index in [9.17, 15) is 9.90 Å². The number of likely N-dealkylation sites (tertiary alicyclic amines) is 1. The Hall–Kier alpha value is -0.610. The zero-order valence-corrected chi connectivity index (χ0v) is 13.1. The van der Waals surface area contributed by atoms with Gasteiger partial charge in [0.1, 0.15) is 0 Å². The standard InChI is InChI=1S/C16H30N2O2/c1-17-11-6-7-14(8-12-17)18(2)16(13-15(19)20)9-4-3-5-10-16/h14H,3-13H2,1-2H3,(H,19,20). The second kappa shape index (κ2) is 6.90. The van der Waals surface area contributed by atoms with Crippen molar-refractivity contribution in [2.75, 3.05) is 27.2 Å². The van der Waals surface area contributed by atoms with Crippen molar-refractivity contribution in [2.45, 2.75) is 69.4 Å². The normalized spacial score (nSPS) is 28.2. The summed E-state index contributed by atoms with van der Waals surface area (Å²) >= 11 is 0. The quantitative estimate of drug-likeness (QED) is 0.860. The number of carboxylic acid groups (broad SMARTS) is 1. The van der Waals surface area contributed by atoms with Gasteiger partial charge in [-0.15, -0.1) is 0 Å². The van der Waals surface area contributed by atoms with Crippen LogP contribution in [-0.2, 0) is 4.79 Å². The molecule has 116 valence electrons. The molecule has 1 heterocycles. The van der Waals surface area contributed by atoms with Gasteiger partial charge in [0.05, 0.1) is 6.42 Å². The van der Waals surface area contributed by atoms with Gasteiger partial charge in [0.15, 0.2) is 0 Å². The maximum absolute atomic E-state index is 11.3. The highest BCUT2D eigenvalue weighted by Crippen LogP contribution is 2.38. The van der Waals surface area contributed by atoms with E-state index in [1.54, 1.807) is 0 Å². The van der Waals surface area contributed by atoms with Crippen LogP contribution in [0.3, 0.4) is 0 Å². The SMILES string of the molecule is CN1CCCC(N(C)C2(CC(=O)O)CCCCC2)CC1. The number of hydrogen-bond donors (Lipinski definition) is 1. The predicted molar refractivity (Wildman–Crippen MR) is 81.0 cm³/mol. The summed E-state index contributed by atoms with van der Waals surface area (Å²) < 4.78 is 0. The highest BCUT2D eigenvalue weighted by atomic mass is 16.4. The van der Waals surface area contributed by atoms with Gasteiger partial charge in [0.2, 0.25) is 0 Å². The molecule has 0 spiro atoms. The number of hydrogen-bond acceptors (Lipinski definition) is 3. The molecule has 1 N–H and O–H groups in total. The lowest BCUT2D eigenvalue weighted by Crippen LogP contribution is -2.53. The Bertz CT molecular complexity index is 326. The van der Waals surface area contributed by atoms with Gasteiger partial charge in [0, 0.05) is 11.6 Å². The van der Waals surface area contributed by atoms with Crippen LogP contribution >= 0.6 is 0 Å². The highest BCUT2D eigenvalue weighted by Gasteiger charge is 2.40. The summed E-state index contributed by atoms with van der Waals surface area (Å²) in [5.74, 6) is -0.635. The first-order valence-electron chi connectivity index (χ1n) is 8.17. The minimum Gasteiger partial charge on any atom is -0.481 e. The molecule has 0 amide bonds. The molecule has 0 radical (unpaired) electrons. The van der Waals surface area contributed by atoms with Gasteiger partial charge < -0.3 is 10.0 Å². The van der Waals surface area contributed by atoms with Crippen molar-refractivity contribution in [1.29, 1.82) is 0 Å². The van der Waals surface area contributed by atoms with E-state index in [0.29, 0.717) is 12.5 Å². The first kappa shape index (κ1) is 15.8. The summed E-state index contributed by atoms with van der Waals surface area (Å²) in [7, 11) is 4.38. The summed E-state index contributed by atoms with van der Waals surface area (Å²) in [4.78, 5) is 16.2. The monoisotopic (exact) mass is 282 g/mol. The molecular formula is C16H30N2O2. The number of nitrogens with zero attached hydrogens (tertiary/aromatic N) is 2. The molecule has 4 heteroatoms. The maximum atomic E-state index is 11.3. The Morgan fingerprint density at radius 2 is 1.90 bits per heavy atom. The Morgan fingerprint density at radius 1 is 1.20 bits per heavy atom. The van der Waals surface area contributed by atoms with E-state index in [0.717, 1.165) is 19.4 Å². The van der Waals surface area contributed by atoms with Crippen LogP contribution in [0.15, 0.2) is 0 Å². The maximum Gasteiger partial charge on any atom is 0.305 e. The fourth-order valence-electron chi connectivity index (χ4n) is 4.14. The zero-order valence-electron chi connectivity index (χ0n) is 13.1. The summed E-state index contributed by atoms with van der Waals surface area (Å²) in [5.41, 5.74) is -0.0857. The zero-order chi connectivity index (χ0) is 14.6. The van der Waals surface area contributed by atoms with Gasteiger partial charge in [-0.3, -0.25) is 9.69 Å². The molecule has 0 aromatic carbocycles. The molecule has 2 rings (SSSR count). The molecule has 2 aliphatic rings. The summed E-state index contributed by atoms with van der Waals surface area (Å²) in [6.07, 6.45) is 9.68. The van der Waals surface area contributed by atoms with Gasteiger partial charge in [0.25, 0.3) is 0 Å². The van der Waals surface area contributed by atoms with Crippen molar-refractivity contribution in [1.82, 2.24) is 9.80 Å². The molecule has 1 saturated carbocycles. The molecule has 1 saturated heterocycles. The van der Waals surface area contributed by atoms with Crippen LogP contribution in [0.4, 0.5) is 0 Å². The van der Waals surface area contributed by atoms with Crippen LogP contribution in [0.5, 0.6) is 0 Å². The van der Waals surface area contributed by atoms with Gasteiger partial charge in [-0.05, 0) is 59.3 Å². The molecule has 1 unspecified atom stereocenters. The molecule has 0 bridgehead atoms. The van der Waals surface area contributed by atoms with Crippen LogP contribution in [0.1, 0.15) is 57.8 Å². The average Bonchev–Trinajstić information content (AvgIpc) is 2.63. The largest absolute Gasteiger partial charge is 0.481 e. The van der Waals surface area contributed by atoms with E-state index >= 15 is 0 Å². The highest BCUT2D eigenvalue weighted by molar-refractivity contribution is 5.68. The molecule has 2 fully saturated rings. The minimum absolute atomic E-state index is 0.0857. The summed E-state index contributed by atoms with van der Waals surface area (Å²) in [5, 5.41) is 9.34. The Morgan fingerprint density at radius 3 is 2.55 bits per heavy atom. The number of carbonyl (C=O) groups is 1. The lowest BCUT2D eigenvalue weighted by atomic mass is 9.77. The first-order valence-corrected chi connectivity index (χ1v) is 8.17. The van der Waals surface area contributed by atoms with Crippen LogP contribution in [0.25, 0.3) is 0 Å². The van der Waals surface area contributed by atoms with Crippen LogP contribution in [0.2, 0.25) is 0 Å². The Labute approximate surface area is 123 Å². The number of carboxylic acids is 1. The topological polar surface area (TPSA) is 43.8 Å². The van der Waals surface area contributed by atoms with E-state index in [4.69, 9.17) is 0 Å². The number of rotatable bonds is 4. The van der Waals surface area contributed by atoms with E-state index in [1.165, 1.54) is 45.1 Å². The van der Waals surface area contributed by atoms with Crippen molar-refractivity contribution in [3.05, 3.63) is 0 Å². The lowest BCUT2D eigenvalue weighted by molar-refractivity contribution is -0.141. The average molecular weight is 282 g/mol. The smallest absolute Gasteiger partial charge is 0.305 e. The van der Waals surface area contributed by atoms with Gasteiger partial charge in [-0.1, -0.05) is 19.3 Å². The second-order valence-corrected chi connectivity index (χ2v) is 6.85. The van der Waals surface area contributed by atoms with Crippen molar-refractivity contribution < 1.29 is 9.90 Å². The Kier molecular flexibility index (Phi) is 5.44. The summed E-state index contributed by atoms with van der Waals surface area (Å²) in [6.45, 7) is 2.31. The van der Waals surface area contributed by atoms with Crippen LogP contribution in [-0.4, -0.2) is 59.6 Å². The number of aliphatic carboxylic acids is 1. The van der Waals surface area contributed by atoms with Crippen molar-refractivity contribution in [2.24, 2.45) is 0 Å². The third-order valence-corrected chi connectivity index (χ3v) is 5.48. The Balaban J connectivity index is 2.08. The van der Waals surface area contributed by atoms with E-state index in [-0.39, 0.29) is 5.54 Å². The van der Waals surface area contributed by atoms with E-state index < -0.39 is 5.97 Å². The van der Waals surface area contributed by atoms with Crippen molar-refractivity contribution in [3.63, 3.8) is 0 Å². The first-order chi connectivity index (χ1) is 9.53. The molecule has 20 heavy (non-hydrogen) atoms. The van der Waals surface area contributed by atoms with E-state index in [1.807, 2.05) is 0 Å². The molecule has 0 aromatic rings. The fourth-order valence-corrected chi connectivity index (χ4v) is 4.14. The van der Waals surface area contributed by atoms with Gasteiger partial charge in [-0.25, -0.2) is 0 Å². The third kappa shape index (κ3) is 3.73. The molecule has 1 atom stereocenters. The van der Waals surface area contributed by atoms with Crippen molar-refractivity contribution in [3.8, 4) is 0 Å². The minimum atomic E-state index is -0.635. The second-order valence-electron chi connectivity index (χ2n) is 6.85. The summed E-state index contributed by atoms with van der Waals surface area (Å²) in [6, 6.07) is 0.553. The fraction of sp³-hybridized carbons (Fsp3) is 0.938. The van der Waals surface area contributed by atoms with Gasteiger partial charge in [-0.2, -0.15) is 0 Å².